The summed E-state index contributed by atoms with van der Waals surface area (Å²) in [7, 11) is 0. The van der Waals surface area contributed by atoms with Crippen LogP contribution in [-0.4, -0.2) is 32.0 Å². The molecule has 0 aliphatic rings. The van der Waals surface area contributed by atoms with Gasteiger partial charge in [-0.3, -0.25) is 9.78 Å². The van der Waals surface area contributed by atoms with Crippen molar-refractivity contribution in [1.29, 1.82) is 0 Å². The summed E-state index contributed by atoms with van der Waals surface area (Å²) < 4.78 is 41.0. The summed E-state index contributed by atoms with van der Waals surface area (Å²) in [6.45, 7) is 17.1. The fourth-order valence-electron chi connectivity index (χ4n) is 6.02. The maximum Gasteiger partial charge on any atom is 0.394 e. The average molecular weight is 929 g/mol. The Balaban J connectivity index is 0.000000389. The number of fused-ring (bicyclic) bond motifs is 2. The van der Waals surface area contributed by atoms with Crippen molar-refractivity contribution in [3.63, 3.8) is 0 Å². The molecule has 0 fully saturated rings. The molecule has 5 nitrogen and oxygen atoms in total. The summed E-state index contributed by atoms with van der Waals surface area (Å²) in [5, 5.41) is 16.3. The van der Waals surface area contributed by atoms with Gasteiger partial charge < -0.3 is 5.11 Å². The van der Waals surface area contributed by atoms with E-state index >= 15 is 0 Å². The number of thiophene rings is 1. The molecule has 0 spiro atoms. The number of aliphatic hydroxyl groups is 1. The second kappa shape index (κ2) is 17.9. The first-order valence-corrected chi connectivity index (χ1v) is 19.3. The molecular weight excluding hydrogens is 880 g/mol. The van der Waals surface area contributed by atoms with Crippen molar-refractivity contribution in [2.75, 3.05) is 0 Å². The van der Waals surface area contributed by atoms with Gasteiger partial charge in [-0.1, -0.05) is 91.5 Å². The van der Waals surface area contributed by atoms with Crippen LogP contribution in [0.5, 0.6) is 0 Å². The number of carbonyl (C=O) groups is 1. The number of benzene rings is 2. The van der Waals surface area contributed by atoms with Gasteiger partial charge in [-0.05, 0) is 31.1 Å². The van der Waals surface area contributed by atoms with Crippen LogP contribution in [0.4, 0.5) is 13.2 Å². The third kappa shape index (κ3) is 9.95. The van der Waals surface area contributed by atoms with Gasteiger partial charge in [0, 0.05) is 71.2 Å². The molecule has 283 valence electrons. The number of halogens is 3. The van der Waals surface area contributed by atoms with Crippen LogP contribution in [0.2, 0.25) is 0 Å². The molecule has 0 unspecified atom stereocenters. The predicted octanol–water partition coefficient (Wildman–Crippen LogP) is 12.7. The molecule has 3 aromatic heterocycles. The molecule has 52 heavy (non-hydrogen) atoms. The standard InChI is InChI=1S/C28H25F3N3S2.C13H24O2.Ir/c1-26(2,3)21-11-17(10-16-8-6-7-9-19(16)21)22-24-23(33-15-32-22)20(14-35-24)25-34-18(13-36-25)12-27(4,5)28(29,30)31;1-5-10(6-2)12(14)9-13(15)11(7-3)8-4;/h6-9,11,13-15H,12H2,1-5H3;9-11,14H,5-8H2,1-4H3;/q-1;;/b;12-9-;. The number of aromatic nitrogens is 3. The monoisotopic (exact) mass is 929 g/mol. The number of ketones is 1. The number of rotatable bonds is 11. The molecule has 0 saturated carbocycles. The number of thiazole rings is 1. The largest absolute Gasteiger partial charge is 0.512 e. The summed E-state index contributed by atoms with van der Waals surface area (Å²) in [6, 6.07) is 13.9. The molecule has 0 saturated heterocycles. The zero-order valence-electron chi connectivity index (χ0n) is 31.4. The molecular formula is C41H49F3IrN3O2S2-. The van der Waals surface area contributed by atoms with Gasteiger partial charge in [0.15, 0.2) is 5.78 Å². The molecule has 1 N–H and O–H groups in total. The molecule has 2 aromatic carbocycles. The summed E-state index contributed by atoms with van der Waals surface area (Å²) in [5.74, 6) is 0.547. The number of allylic oxidation sites excluding steroid dienone is 2. The summed E-state index contributed by atoms with van der Waals surface area (Å²) in [4.78, 5) is 25.4. The Morgan fingerprint density at radius 2 is 1.56 bits per heavy atom. The quantitative estimate of drug-likeness (QED) is 0.0811. The van der Waals surface area contributed by atoms with Gasteiger partial charge in [0.1, 0.15) is 11.3 Å². The van der Waals surface area contributed by atoms with Crippen LogP contribution in [0.3, 0.4) is 0 Å². The Labute approximate surface area is 327 Å². The van der Waals surface area contributed by atoms with Crippen molar-refractivity contribution in [3.05, 3.63) is 76.6 Å². The molecule has 3 heterocycles. The fourth-order valence-corrected chi connectivity index (χ4v) is 7.94. The normalized spacial score (nSPS) is 12.7. The van der Waals surface area contributed by atoms with E-state index in [-0.39, 0.29) is 55.3 Å². The van der Waals surface area contributed by atoms with Gasteiger partial charge >= 0.3 is 6.18 Å². The third-order valence-corrected chi connectivity index (χ3v) is 11.3. The number of hydrogen-bond acceptors (Lipinski definition) is 7. The van der Waals surface area contributed by atoms with E-state index in [4.69, 9.17) is 0 Å². The second-order valence-corrected chi connectivity index (χ2v) is 16.4. The first kappa shape index (κ1) is 43.4. The zero-order chi connectivity index (χ0) is 37.7. The number of nitrogens with zero attached hydrogens (tertiary/aromatic N) is 3. The van der Waals surface area contributed by atoms with Crippen LogP contribution < -0.4 is 0 Å². The molecule has 0 aliphatic carbocycles. The van der Waals surface area contributed by atoms with Crippen LogP contribution >= 0.6 is 22.7 Å². The van der Waals surface area contributed by atoms with Crippen molar-refractivity contribution in [1.82, 2.24) is 15.0 Å². The van der Waals surface area contributed by atoms with E-state index in [1.165, 1.54) is 59.9 Å². The maximum absolute atomic E-state index is 13.4. The predicted molar refractivity (Wildman–Crippen MR) is 206 cm³/mol. The van der Waals surface area contributed by atoms with Crippen LogP contribution in [-0.2, 0) is 36.7 Å². The summed E-state index contributed by atoms with van der Waals surface area (Å²) in [5.41, 5.74) is 2.99. The van der Waals surface area contributed by atoms with E-state index in [1.54, 1.807) is 5.38 Å². The minimum atomic E-state index is -4.30. The van der Waals surface area contributed by atoms with Crippen molar-refractivity contribution in [2.24, 2.45) is 17.3 Å². The summed E-state index contributed by atoms with van der Waals surface area (Å²) >= 11 is 2.86. The van der Waals surface area contributed by atoms with Crippen molar-refractivity contribution in [2.45, 2.75) is 106 Å². The molecule has 5 rings (SSSR count). The van der Waals surface area contributed by atoms with Gasteiger partial charge in [-0.15, -0.1) is 51.8 Å². The number of hydrogen-bond donors (Lipinski definition) is 1. The van der Waals surface area contributed by atoms with E-state index in [1.807, 2.05) is 45.2 Å². The zero-order valence-corrected chi connectivity index (χ0v) is 35.4. The Morgan fingerprint density at radius 3 is 2.15 bits per heavy atom. The number of aliphatic hydroxyl groups excluding tert-OH is 1. The second-order valence-electron chi connectivity index (χ2n) is 14.6. The molecule has 5 aromatic rings. The summed E-state index contributed by atoms with van der Waals surface area (Å²) in [6.07, 6.45) is 1.98. The molecule has 0 atom stereocenters. The Morgan fingerprint density at radius 1 is 0.923 bits per heavy atom. The van der Waals surface area contributed by atoms with Crippen LogP contribution in [0.25, 0.3) is 42.8 Å². The average Bonchev–Trinajstić information content (AvgIpc) is 3.71. The van der Waals surface area contributed by atoms with Crippen LogP contribution in [0.15, 0.2) is 59.3 Å². The maximum atomic E-state index is 13.4. The van der Waals surface area contributed by atoms with Gasteiger partial charge in [0.2, 0.25) is 0 Å². The molecule has 0 aliphatic heterocycles. The van der Waals surface area contributed by atoms with E-state index < -0.39 is 11.6 Å². The number of carbonyl (C=O) groups excluding carboxylic acids is 1. The smallest absolute Gasteiger partial charge is 0.394 e. The fraction of sp³-hybridized carbons (Fsp3) is 0.463. The Hall–Kier alpha value is -2.98. The molecule has 0 amide bonds. The van der Waals surface area contributed by atoms with Crippen LogP contribution in [0.1, 0.15) is 99.3 Å². The van der Waals surface area contributed by atoms with Crippen molar-refractivity contribution in [3.8, 4) is 21.8 Å². The first-order chi connectivity index (χ1) is 23.9. The Kier molecular flexibility index (Phi) is 14.9. The van der Waals surface area contributed by atoms with Gasteiger partial charge in [0.25, 0.3) is 0 Å². The SMILES string of the molecule is CC(C)(C)c1cc(-c2ncnc3c(-c4nc(CC(C)(C)C(F)(F)F)cs4)csc23)[c-]c2ccccc12.CCC(CC)C(=O)/C=C(\O)C(CC)CC.[Ir]. The minimum Gasteiger partial charge on any atom is -0.512 e. The molecule has 0 bridgehead atoms. The molecule has 11 heteroatoms. The van der Waals surface area contributed by atoms with E-state index in [0.29, 0.717) is 10.7 Å². The van der Waals surface area contributed by atoms with Gasteiger partial charge in [0.05, 0.1) is 22.4 Å². The van der Waals surface area contributed by atoms with E-state index in [9.17, 15) is 23.1 Å². The minimum absolute atomic E-state index is 0. The first-order valence-electron chi connectivity index (χ1n) is 17.6. The number of alkyl halides is 3. The van der Waals surface area contributed by atoms with Crippen LogP contribution in [0, 0.1) is 23.3 Å². The van der Waals surface area contributed by atoms with E-state index in [2.05, 4.69) is 60.0 Å². The molecule has 1 radical (unpaired) electrons. The van der Waals surface area contributed by atoms with E-state index in [0.717, 1.165) is 58.1 Å². The van der Waals surface area contributed by atoms with Gasteiger partial charge in [-0.2, -0.15) is 13.2 Å². The Bertz CT molecular complexity index is 1980. The topological polar surface area (TPSA) is 76.0 Å². The van der Waals surface area contributed by atoms with Crippen molar-refractivity contribution < 1.29 is 43.2 Å². The third-order valence-electron chi connectivity index (χ3n) is 9.45. The van der Waals surface area contributed by atoms with Crippen molar-refractivity contribution >= 4 is 49.4 Å². The van der Waals surface area contributed by atoms with Gasteiger partial charge in [-0.25, -0.2) is 9.97 Å².